The monoisotopic (exact) mass is 307 g/mol. The molecular weight excluding hydrogens is 285 g/mol. The van der Waals surface area contributed by atoms with Gasteiger partial charge in [0, 0.05) is 18.2 Å². The Morgan fingerprint density at radius 3 is 2.64 bits per heavy atom. The highest BCUT2D eigenvalue weighted by Gasteiger charge is 2.26. The molecule has 0 aromatic heterocycles. The number of nitrogens with zero attached hydrogens (tertiary/aromatic N) is 1. The van der Waals surface area contributed by atoms with Gasteiger partial charge < -0.3 is 9.64 Å². The van der Waals surface area contributed by atoms with E-state index in [1.165, 1.54) is 31.7 Å². The first-order valence-corrected chi connectivity index (χ1v) is 7.75. The Bertz CT molecular complexity index is 526. The van der Waals surface area contributed by atoms with Crippen molar-refractivity contribution in [2.75, 3.05) is 13.7 Å². The second-order valence-corrected chi connectivity index (χ2v) is 5.63. The first kappa shape index (κ1) is 16.5. The van der Waals surface area contributed by atoms with E-state index in [0.29, 0.717) is 12.1 Å². The highest BCUT2D eigenvalue weighted by Crippen LogP contribution is 2.24. The number of carbonyl (C=O) groups is 2. The van der Waals surface area contributed by atoms with Crippen molar-refractivity contribution in [3.8, 4) is 0 Å². The van der Waals surface area contributed by atoms with Crippen LogP contribution in [0.3, 0.4) is 0 Å². The summed E-state index contributed by atoms with van der Waals surface area (Å²) in [5.41, 5.74) is 0.329. The third-order valence-electron chi connectivity index (χ3n) is 4.13. The molecule has 5 heteroatoms. The van der Waals surface area contributed by atoms with E-state index < -0.39 is 5.82 Å². The topological polar surface area (TPSA) is 46.6 Å². The van der Waals surface area contributed by atoms with Crippen molar-refractivity contribution in [3.05, 3.63) is 35.6 Å². The van der Waals surface area contributed by atoms with Crippen LogP contribution >= 0.6 is 0 Å². The summed E-state index contributed by atoms with van der Waals surface area (Å²) in [7, 11) is 1.33. The Kier molecular flexibility index (Phi) is 5.92. The molecule has 4 nitrogen and oxygen atoms in total. The number of carbonyl (C=O) groups excluding carboxylic acids is 2. The zero-order chi connectivity index (χ0) is 15.9. The molecule has 120 valence electrons. The van der Waals surface area contributed by atoms with E-state index in [0.717, 1.165) is 25.7 Å². The fourth-order valence-electron chi connectivity index (χ4n) is 2.94. The molecule has 0 aliphatic heterocycles. The third-order valence-corrected chi connectivity index (χ3v) is 4.13. The summed E-state index contributed by atoms with van der Waals surface area (Å²) in [5, 5.41) is 0. The smallest absolute Gasteiger partial charge is 0.307 e. The van der Waals surface area contributed by atoms with Crippen LogP contribution in [-0.2, 0) is 9.53 Å². The number of methoxy groups -OCH3 is 1. The van der Waals surface area contributed by atoms with Crippen LogP contribution < -0.4 is 0 Å². The standard InChI is InChI=1S/C17H22FNO3/c1-22-16(20)10-11-19(15-8-3-2-4-9-15)17(21)13-6-5-7-14(18)12-13/h5-7,12,15H,2-4,8-11H2,1H3. The van der Waals surface area contributed by atoms with Gasteiger partial charge in [0.2, 0.25) is 0 Å². The number of benzene rings is 1. The van der Waals surface area contributed by atoms with Crippen LogP contribution in [0.25, 0.3) is 0 Å². The van der Waals surface area contributed by atoms with Gasteiger partial charge in [0.15, 0.2) is 0 Å². The van der Waals surface area contributed by atoms with Crippen LogP contribution in [0.2, 0.25) is 0 Å². The number of esters is 1. The Morgan fingerprint density at radius 1 is 1.27 bits per heavy atom. The highest BCUT2D eigenvalue weighted by atomic mass is 19.1. The van der Waals surface area contributed by atoms with Crippen LogP contribution in [0.5, 0.6) is 0 Å². The van der Waals surface area contributed by atoms with Crippen LogP contribution in [0.15, 0.2) is 24.3 Å². The molecule has 0 heterocycles. The molecule has 0 radical (unpaired) electrons. The van der Waals surface area contributed by atoms with Crippen LogP contribution in [0.4, 0.5) is 4.39 Å². The molecule has 0 saturated heterocycles. The van der Waals surface area contributed by atoms with Crippen molar-refractivity contribution in [2.24, 2.45) is 0 Å². The second-order valence-electron chi connectivity index (χ2n) is 5.63. The molecule has 1 aliphatic carbocycles. The van der Waals surface area contributed by atoms with Gasteiger partial charge in [-0.05, 0) is 31.0 Å². The molecule has 1 amide bonds. The maximum Gasteiger partial charge on any atom is 0.307 e. The summed E-state index contributed by atoms with van der Waals surface area (Å²) in [6, 6.07) is 5.82. The molecule has 1 aromatic carbocycles. The van der Waals surface area contributed by atoms with Crippen molar-refractivity contribution >= 4 is 11.9 Å². The second kappa shape index (κ2) is 7.92. The van der Waals surface area contributed by atoms with Gasteiger partial charge in [0.1, 0.15) is 5.82 Å². The number of ether oxygens (including phenoxy) is 1. The number of rotatable bonds is 5. The lowest BCUT2D eigenvalue weighted by Gasteiger charge is -2.34. The van der Waals surface area contributed by atoms with E-state index in [2.05, 4.69) is 4.74 Å². The first-order chi connectivity index (χ1) is 10.6. The predicted octanol–water partition coefficient (Wildman–Crippen LogP) is 3.16. The molecule has 0 N–H and O–H groups in total. The average molecular weight is 307 g/mol. The van der Waals surface area contributed by atoms with Gasteiger partial charge in [-0.2, -0.15) is 0 Å². The summed E-state index contributed by atoms with van der Waals surface area (Å²) in [5.74, 6) is -0.981. The molecule has 1 aromatic rings. The summed E-state index contributed by atoms with van der Waals surface area (Å²) in [6.45, 7) is 0.312. The molecule has 0 atom stereocenters. The van der Waals surface area contributed by atoms with Gasteiger partial charge in [-0.25, -0.2) is 4.39 Å². The minimum absolute atomic E-state index is 0.120. The van der Waals surface area contributed by atoms with E-state index in [-0.39, 0.29) is 24.3 Å². The van der Waals surface area contributed by atoms with Gasteiger partial charge in [0.05, 0.1) is 13.5 Å². The number of hydrogen-bond donors (Lipinski definition) is 0. The Morgan fingerprint density at radius 2 is 2.00 bits per heavy atom. The first-order valence-electron chi connectivity index (χ1n) is 7.75. The predicted molar refractivity (Wildman–Crippen MR) is 80.9 cm³/mol. The van der Waals surface area contributed by atoms with Crippen molar-refractivity contribution in [1.82, 2.24) is 4.90 Å². The zero-order valence-corrected chi connectivity index (χ0v) is 12.9. The van der Waals surface area contributed by atoms with Crippen LogP contribution in [0, 0.1) is 5.82 Å². The normalized spacial score (nSPS) is 15.4. The van der Waals surface area contributed by atoms with Gasteiger partial charge in [-0.1, -0.05) is 25.3 Å². The molecule has 0 unspecified atom stereocenters. The van der Waals surface area contributed by atoms with Crippen molar-refractivity contribution in [1.29, 1.82) is 0 Å². The minimum Gasteiger partial charge on any atom is -0.469 e. The Hall–Kier alpha value is -1.91. The number of amides is 1. The van der Waals surface area contributed by atoms with E-state index in [9.17, 15) is 14.0 Å². The molecular formula is C17H22FNO3. The molecule has 2 rings (SSSR count). The Balaban J connectivity index is 2.14. The van der Waals surface area contributed by atoms with Crippen molar-refractivity contribution in [2.45, 2.75) is 44.6 Å². The summed E-state index contributed by atoms with van der Waals surface area (Å²) in [4.78, 5) is 25.8. The third kappa shape index (κ3) is 4.29. The van der Waals surface area contributed by atoms with Crippen LogP contribution in [0.1, 0.15) is 48.9 Å². The van der Waals surface area contributed by atoms with Gasteiger partial charge in [-0.15, -0.1) is 0 Å². The molecule has 0 spiro atoms. The average Bonchev–Trinajstić information content (AvgIpc) is 2.55. The van der Waals surface area contributed by atoms with E-state index in [1.54, 1.807) is 11.0 Å². The van der Waals surface area contributed by atoms with Gasteiger partial charge >= 0.3 is 5.97 Å². The Labute approximate surface area is 130 Å². The minimum atomic E-state index is -0.428. The number of hydrogen-bond acceptors (Lipinski definition) is 3. The molecule has 0 bridgehead atoms. The lowest BCUT2D eigenvalue weighted by molar-refractivity contribution is -0.140. The fraction of sp³-hybridized carbons (Fsp3) is 0.529. The van der Waals surface area contributed by atoms with Gasteiger partial charge in [0.25, 0.3) is 5.91 Å². The maximum absolute atomic E-state index is 13.4. The molecule has 22 heavy (non-hydrogen) atoms. The zero-order valence-electron chi connectivity index (χ0n) is 12.9. The maximum atomic E-state index is 13.4. The molecule has 1 fully saturated rings. The van der Waals surface area contributed by atoms with E-state index >= 15 is 0 Å². The lowest BCUT2D eigenvalue weighted by atomic mass is 9.93. The van der Waals surface area contributed by atoms with Crippen molar-refractivity contribution < 1.29 is 18.7 Å². The van der Waals surface area contributed by atoms with E-state index in [4.69, 9.17) is 0 Å². The largest absolute Gasteiger partial charge is 0.469 e. The molecule has 1 aliphatic rings. The van der Waals surface area contributed by atoms with Gasteiger partial charge in [-0.3, -0.25) is 9.59 Å². The lowest BCUT2D eigenvalue weighted by Crippen LogP contribution is -2.42. The van der Waals surface area contributed by atoms with Crippen molar-refractivity contribution in [3.63, 3.8) is 0 Å². The number of halogens is 1. The van der Waals surface area contributed by atoms with E-state index in [1.807, 2.05) is 0 Å². The van der Waals surface area contributed by atoms with Crippen LogP contribution in [-0.4, -0.2) is 36.5 Å². The quantitative estimate of drug-likeness (QED) is 0.785. The highest BCUT2D eigenvalue weighted by molar-refractivity contribution is 5.94. The summed E-state index contributed by atoms with van der Waals surface area (Å²) >= 11 is 0. The summed E-state index contributed by atoms with van der Waals surface area (Å²) < 4.78 is 18.0. The summed E-state index contributed by atoms with van der Waals surface area (Å²) in [6.07, 6.45) is 5.36. The SMILES string of the molecule is COC(=O)CCN(C(=O)c1cccc(F)c1)C1CCCCC1. The fourth-order valence-corrected chi connectivity index (χ4v) is 2.94. The molecule has 1 saturated carbocycles.